The van der Waals surface area contributed by atoms with E-state index in [0.717, 1.165) is 0 Å². The molecule has 0 atom stereocenters. The van der Waals surface area contributed by atoms with Gasteiger partial charge >= 0.3 is 0 Å². The molecular formula is C12H15Cl2NO3. The third-order valence-corrected chi connectivity index (χ3v) is 2.90. The van der Waals surface area contributed by atoms with Crippen LogP contribution >= 0.6 is 23.2 Å². The summed E-state index contributed by atoms with van der Waals surface area (Å²) in [5, 5.41) is 9.70. The Bertz CT molecular complexity index is 412. The topological polar surface area (TPSA) is 49.8 Å². The summed E-state index contributed by atoms with van der Waals surface area (Å²) in [6.45, 7) is 2.44. The van der Waals surface area contributed by atoms with E-state index in [4.69, 9.17) is 33.0 Å². The molecule has 0 aromatic heterocycles. The van der Waals surface area contributed by atoms with Crippen molar-refractivity contribution in [3.05, 3.63) is 28.2 Å². The van der Waals surface area contributed by atoms with Gasteiger partial charge in [-0.15, -0.1) is 0 Å². The van der Waals surface area contributed by atoms with Crippen LogP contribution in [0.4, 0.5) is 0 Å². The summed E-state index contributed by atoms with van der Waals surface area (Å²) in [5.41, 5.74) is 0. The molecule has 1 aromatic rings. The Kier molecular flexibility index (Phi) is 6.25. The summed E-state index contributed by atoms with van der Waals surface area (Å²) in [4.78, 5) is 13.2. The van der Waals surface area contributed by atoms with E-state index in [1.165, 1.54) is 4.90 Å². The van der Waals surface area contributed by atoms with E-state index in [9.17, 15) is 4.79 Å². The van der Waals surface area contributed by atoms with Crippen LogP contribution in [0.1, 0.15) is 6.92 Å². The molecule has 0 aliphatic carbocycles. The highest BCUT2D eigenvalue weighted by Crippen LogP contribution is 2.27. The normalized spacial score (nSPS) is 10.2. The molecule has 0 fully saturated rings. The molecule has 0 heterocycles. The first kappa shape index (κ1) is 15.1. The molecule has 1 rings (SSSR count). The molecule has 1 N–H and O–H groups in total. The molecule has 100 valence electrons. The maximum Gasteiger partial charge on any atom is 0.260 e. The number of benzene rings is 1. The van der Waals surface area contributed by atoms with Gasteiger partial charge < -0.3 is 14.7 Å². The summed E-state index contributed by atoms with van der Waals surface area (Å²) in [5.74, 6) is 0.167. The monoisotopic (exact) mass is 291 g/mol. The second kappa shape index (κ2) is 7.46. The summed E-state index contributed by atoms with van der Waals surface area (Å²) in [6.07, 6.45) is 0. The van der Waals surface area contributed by atoms with Crippen molar-refractivity contribution in [3.63, 3.8) is 0 Å². The number of carbonyl (C=O) groups is 1. The minimum absolute atomic E-state index is 0.0719. The number of ether oxygens (including phenoxy) is 1. The van der Waals surface area contributed by atoms with Crippen LogP contribution in [0.5, 0.6) is 5.75 Å². The van der Waals surface area contributed by atoms with Gasteiger partial charge in [0.2, 0.25) is 0 Å². The van der Waals surface area contributed by atoms with Gasteiger partial charge in [0.1, 0.15) is 5.75 Å². The molecule has 0 radical (unpaired) electrons. The summed E-state index contributed by atoms with van der Waals surface area (Å²) in [7, 11) is 0. The molecular weight excluding hydrogens is 277 g/mol. The highest BCUT2D eigenvalue weighted by atomic mass is 35.5. The van der Waals surface area contributed by atoms with Gasteiger partial charge in [0.15, 0.2) is 6.61 Å². The lowest BCUT2D eigenvalue weighted by atomic mass is 10.3. The van der Waals surface area contributed by atoms with Crippen molar-refractivity contribution in [3.8, 4) is 5.75 Å². The molecule has 1 aromatic carbocycles. The molecule has 4 nitrogen and oxygen atoms in total. The van der Waals surface area contributed by atoms with E-state index in [2.05, 4.69) is 0 Å². The van der Waals surface area contributed by atoms with E-state index in [1.54, 1.807) is 18.2 Å². The van der Waals surface area contributed by atoms with E-state index >= 15 is 0 Å². The van der Waals surface area contributed by atoms with Crippen molar-refractivity contribution in [2.24, 2.45) is 0 Å². The number of carbonyl (C=O) groups excluding carboxylic acids is 1. The van der Waals surface area contributed by atoms with Crippen molar-refractivity contribution in [1.29, 1.82) is 0 Å². The van der Waals surface area contributed by atoms with Gasteiger partial charge in [0.05, 0.1) is 11.6 Å². The van der Waals surface area contributed by atoms with Gasteiger partial charge in [-0.1, -0.05) is 23.2 Å². The Morgan fingerprint density at radius 1 is 1.44 bits per heavy atom. The van der Waals surface area contributed by atoms with Gasteiger partial charge in [-0.3, -0.25) is 4.79 Å². The first-order chi connectivity index (χ1) is 8.58. The third-order valence-electron chi connectivity index (χ3n) is 2.35. The number of rotatable bonds is 6. The highest BCUT2D eigenvalue weighted by molar-refractivity contribution is 6.34. The van der Waals surface area contributed by atoms with Gasteiger partial charge in [0.25, 0.3) is 5.91 Å². The lowest BCUT2D eigenvalue weighted by Crippen LogP contribution is -2.36. The van der Waals surface area contributed by atoms with Crippen molar-refractivity contribution >= 4 is 29.1 Å². The van der Waals surface area contributed by atoms with Gasteiger partial charge in [-0.2, -0.15) is 0 Å². The standard InChI is InChI=1S/C12H15Cl2NO3/c1-2-15(5-6-16)12(17)8-18-11-7-9(13)3-4-10(11)14/h3-4,7,16H,2,5-6,8H2,1H3. The Morgan fingerprint density at radius 2 is 2.17 bits per heavy atom. The number of aliphatic hydroxyl groups excluding tert-OH is 1. The molecule has 0 aliphatic rings. The summed E-state index contributed by atoms with van der Waals surface area (Å²) >= 11 is 11.7. The SMILES string of the molecule is CCN(CCO)C(=O)COc1cc(Cl)ccc1Cl. The number of nitrogens with zero attached hydrogens (tertiary/aromatic N) is 1. The van der Waals surface area contributed by atoms with Crippen molar-refractivity contribution < 1.29 is 14.6 Å². The fourth-order valence-corrected chi connectivity index (χ4v) is 1.73. The predicted molar refractivity (Wildman–Crippen MR) is 71.3 cm³/mol. The van der Waals surface area contributed by atoms with Gasteiger partial charge in [-0.05, 0) is 19.1 Å². The van der Waals surface area contributed by atoms with Crippen molar-refractivity contribution in [1.82, 2.24) is 4.90 Å². The van der Waals surface area contributed by atoms with Crippen LogP contribution in [0.3, 0.4) is 0 Å². The number of amides is 1. The second-order valence-electron chi connectivity index (χ2n) is 3.56. The highest BCUT2D eigenvalue weighted by Gasteiger charge is 2.12. The molecule has 6 heteroatoms. The first-order valence-electron chi connectivity index (χ1n) is 5.55. The zero-order valence-electron chi connectivity index (χ0n) is 10.0. The largest absolute Gasteiger partial charge is 0.482 e. The van der Waals surface area contributed by atoms with E-state index in [1.807, 2.05) is 6.92 Å². The molecule has 0 saturated heterocycles. The van der Waals surface area contributed by atoms with E-state index in [0.29, 0.717) is 28.9 Å². The average molecular weight is 292 g/mol. The van der Waals surface area contributed by atoms with Crippen LogP contribution in [0.15, 0.2) is 18.2 Å². The smallest absolute Gasteiger partial charge is 0.260 e. The van der Waals surface area contributed by atoms with Crippen molar-refractivity contribution in [2.75, 3.05) is 26.3 Å². The van der Waals surface area contributed by atoms with Gasteiger partial charge in [-0.25, -0.2) is 0 Å². The molecule has 0 bridgehead atoms. The molecule has 0 unspecified atom stereocenters. The zero-order chi connectivity index (χ0) is 13.5. The predicted octanol–water partition coefficient (Wildman–Crippen LogP) is 2.21. The molecule has 1 amide bonds. The maximum atomic E-state index is 11.7. The second-order valence-corrected chi connectivity index (χ2v) is 4.40. The van der Waals surface area contributed by atoms with Crippen LogP contribution in [0.25, 0.3) is 0 Å². The van der Waals surface area contributed by atoms with Crippen molar-refractivity contribution in [2.45, 2.75) is 6.92 Å². The summed E-state index contributed by atoms with van der Waals surface area (Å²) in [6, 6.07) is 4.80. The molecule has 0 spiro atoms. The number of hydrogen-bond acceptors (Lipinski definition) is 3. The summed E-state index contributed by atoms with van der Waals surface area (Å²) < 4.78 is 5.32. The van der Waals surface area contributed by atoms with Gasteiger partial charge in [0, 0.05) is 24.2 Å². The minimum Gasteiger partial charge on any atom is -0.482 e. The Hall–Kier alpha value is -0.970. The van der Waals surface area contributed by atoms with Crippen LogP contribution in [-0.4, -0.2) is 42.2 Å². The van der Waals surface area contributed by atoms with E-state index in [-0.39, 0.29) is 19.1 Å². The minimum atomic E-state index is -0.206. The molecule has 18 heavy (non-hydrogen) atoms. The third kappa shape index (κ3) is 4.37. The van der Waals surface area contributed by atoms with Crippen LogP contribution in [0, 0.1) is 0 Å². The Labute approximate surface area is 116 Å². The zero-order valence-corrected chi connectivity index (χ0v) is 11.5. The lowest BCUT2D eigenvalue weighted by Gasteiger charge is -2.19. The number of likely N-dealkylation sites (N-methyl/N-ethyl adjacent to an activating group) is 1. The quantitative estimate of drug-likeness (QED) is 0.874. The van der Waals surface area contributed by atoms with Crippen LogP contribution < -0.4 is 4.74 Å². The fraction of sp³-hybridized carbons (Fsp3) is 0.417. The Balaban J connectivity index is 2.58. The number of halogens is 2. The van der Waals surface area contributed by atoms with Crippen LogP contribution in [-0.2, 0) is 4.79 Å². The lowest BCUT2D eigenvalue weighted by molar-refractivity contribution is -0.133. The Morgan fingerprint density at radius 3 is 2.78 bits per heavy atom. The average Bonchev–Trinajstić information content (AvgIpc) is 2.36. The molecule has 0 saturated carbocycles. The number of hydrogen-bond donors (Lipinski definition) is 1. The molecule has 0 aliphatic heterocycles. The fourth-order valence-electron chi connectivity index (χ4n) is 1.40. The first-order valence-corrected chi connectivity index (χ1v) is 6.30. The number of aliphatic hydroxyl groups is 1. The maximum absolute atomic E-state index is 11.7. The van der Waals surface area contributed by atoms with E-state index < -0.39 is 0 Å². The van der Waals surface area contributed by atoms with Crippen LogP contribution in [0.2, 0.25) is 10.0 Å².